The molecule has 5 rings (SSSR count). The number of carboxylic acid groups (broad SMARTS) is 1. The van der Waals surface area contributed by atoms with E-state index in [1.54, 1.807) is 6.07 Å². The molecule has 3 N–H and O–H groups in total. The van der Waals surface area contributed by atoms with Gasteiger partial charge in [0.15, 0.2) is 11.3 Å². The number of aliphatic carboxylic acids is 1. The minimum absolute atomic E-state index is 0.100. The number of fused-ring (bicyclic) bond motifs is 1. The van der Waals surface area contributed by atoms with Crippen molar-refractivity contribution in [3.05, 3.63) is 89.5 Å². The maximum absolute atomic E-state index is 13.7. The number of hydrogen-bond acceptors (Lipinski definition) is 7. The number of carboxylic acids is 1. The third kappa shape index (κ3) is 4.74. The maximum Gasteiger partial charge on any atom is 0.416 e. The summed E-state index contributed by atoms with van der Waals surface area (Å²) >= 11 is 0. The van der Waals surface area contributed by atoms with Crippen LogP contribution >= 0.6 is 0 Å². The van der Waals surface area contributed by atoms with Crippen LogP contribution < -0.4 is 15.0 Å². The van der Waals surface area contributed by atoms with Crippen LogP contribution in [0, 0.1) is 11.8 Å². The van der Waals surface area contributed by atoms with E-state index in [9.17, 15) is 42.6 Å². The van der Waals surface area contributed by atoms with E-state index in [0.29, 0.717) is 11.1 Å². The molecule has 0 radical (unpaired) electrons. The number of carbonyl (C=O) groups excluding carboxylic acids is 3. The van der Waals surface area contributed by atoms with Crippen molar-refractivity contribution in [1.82, 2.24) is 5.32 Å². The number of aliphatic hydroxyl groups excluding tert-OH is 1. The van der Waals surface area contributed by atoms with Gasteiger partial charge >= 0.3 is 12.1 Å². The number of carbonyl (C=O) groups is 4. The number of Topliss-reactive ketones (excluding diaryl/α,β-unsaturated/α-hetero) is 1. The van der Waals surface area contributed by atoms with Crippen molar-refractivity contribution in [1.29, 1.82) is 0 Å². The normalized spacial score (nSPS) is 23.9. The molecule has 2 saturated heterocycles. The van der Waals surface area contributed by atoms with E-state index in [0.717, 1.165) is 17.0 Å². The van der Waals surface area contributed by atoms with Gasteiger partial charge in [0.2, 0.25) is 11.8 Å². The maximum atomic E-state index is 13.7. The van der Waals surface area contributed by atoms with Gasteiger partial charge in [-0.25, -0.2) is 4.90 Å². The number of rotatable bonds is 7. The average Bonchev–Trinajstić information content (AvgIpc) is 3.42. The number of alkyl halides is 3. The van der Waals surface area contributed by atoms with E-state index >= 15 is 0 Å². The summed E-state index contributed by atoms with van der Waals surface area (Å²) in [4.78, 5) is 52.3. The molecular formula is C29H23F3N2O7. The molecule has 12 heteroatoms. The number of ketones is 1. The monoisotopic (exact) mass is 568 g/mol. The molecule has 41 heavy (non-hydrogen) atoms. The van der Waals surface area contributed by atoms with Gasteiger partial charge in [0.25, 0.3) is 0 Å². The lowest BCUT2D eigenvalue weighted by molar-refractivity contribution is -0.150. The van der Waals surface area contributed by atoms with Gasteiger partial charge < -0.3 is 14.9 Å². The lowest BCUT2D eigenvalue weighted by Crippen LogP contribution is -2.58. The first kappa shape index (κ1) is 28.0. The van der Waals surface area contributed by atoms with Crippen LogP contribution in [0.1, 0.15) is 34.5 Å². The zero-order chi connectivity index (χ0) is 29.7. The highest BCUT2D eigenvalue weighted by Crippen LogP contribution is 2.50. The zero-order valence-electron chi connectivity index (χ0n) is 21.4. The molecule has 3 aromatic carbocycles. The second-order valence-corrected chi connectivity index (χ2v) is 9.88. The first-order chi connectivity index (χ1) is 19.4. The number of imide groups is 1. The molecule has 2 aliphatic rings. The van der Waals surface area contributed by atoms with Gasteiger partial charge in [-0.1, -0.05) is 18.2 Å². The van der Waals surface area contributed by atoms with E-state index in [2.05, 4.69) is 5.32 Å². The van der Waals surface area contributed by atoms with Crippen LogP contribution in [-0.4, -0.2) is 45.9 Å². The van der Waals surface area contributed by atoms with Crippen LogP contribution in [0.3, 0.4) is 0 Å². The molecule has 0 saturated carbocycles. The van der Waals surface area contributed by atoms with Gasteiger partial charge in [-0.3, -0.25) is 24.5 Å². The molecule has 0 aromatic heterocycles. The Morgan fingerprint density at radius 3 is 2.20 bits per heavy atom. The highest BCUT2D eigenvalue weighted by molar-refractivity contribution is 6.24. The van der Waals surface area contributed by atoms with E-state index in [1.165, 1.54) is 61.5 Å². The summed E-state index contributed by atoms with van der Waals surface area (Å²) in [7, 11) is 0. The Kier molecular flexibility index (Phi) is 6.92. The molecular weight excluding hydrogens is 545 g/mol. The molecule has 2 fully saturated rings. The Hall–Kier alpha value is -4.55. The van der Waals surface area contributed by atoms with Gasteiger partial charge in [0, 0.05) is 11.6 Å². The number of hydrogen-bond donors (Lipinski definition) is 3. The van der Waals surface area contributed by atoms with Crippen molar-refractivity contribution in [2.45, 2.75) is 24.7 Å². The van der Waals surface area contributed by atoms with Crippen molar-refractivity contribution in [3.63, 3.8) is 0 Å². The first-order valence-corrected chi connectivity index (χ1v) is 12.4. The van der Waals surface area contributed by atoms with Gasteiger partial charge in [0.05, 0.1) is 29.7 Å². The summed E-state index contributed by atoms with van der Waals surface area (Å²) in [6.07, 6.45) is -4.58. The third-order valence-electron chi connectivity index (χ3n) is 7.43. The molecule has 9 nitrogen and oxygen atoms in total. The summed E-state index contributed by atoms with van der Waals surface area (Å²) in [6, 6.07) is 14.8. The zero-order valence-corrected chi connectivity index (χ0v) is 21.4. The molecule has 2 aliphatic heterocycles. The van der Waals surface area contributed by atoms with Crippen molar-refractivity contribution in [3.8, 4) is 11.5 Å². The van der Waals surface area contributed by atoms with Crippen LogP contribution in [0.5, 0.6) is 11.5 Å². The fraction of sp³-hybridized carbons (Fsp3) is 0.241. The van der Waals surface area contributed by atoms with Gasteiger partial charge in [0.1, 0.15) is 11.5 Å². The van der Waals surface area contributed by atoms with E-state index in [4.69, 9.17) is 4.74 Å². The molecule has 3 aromatic rings. The molecule has 212 valence electrons. The number of nitrogens with zero attached hydrogens (tertiary/aromatic N) is 1. The van der Waals surface area contributed by atoms with Gasteiger partial charge in [-0.2, -0.15) is 13.2 Å². The van der Waals surface area contributed by atoms with Gasteiger partial charge in [-0.05, 0) is 67.1 Å². The number of amides is 2. The Balaban J connectivity index is 1.52. The molecule has 2 amide bonds. The van der Waals surface area contributed by atoms with Crippen LogP contribution in [0.15, 0.2) is 72.8 Å². The Morgan fingerprint density at radius 2 is 1.61 bits per heavy atom. The number of benzene rings is 3. The SMILES string of the molecule is CC(=O)c1ccc(N2C(=O)C3C(c4cccc(Oc5cccc(C(F)(F)F)c5)c4)NC(CO)(C(=O)O)C3C2=O)cc1. The van der Waals surface area contributed by atoms with Gasteiger partial charge in [-0.15, -0.1) is 0 Å². The van der Waals surface area contributed by atoms with Crippen LogP contribution in [0.2, 0.25) is 0 Å². The Labute approximate surface area is 231 Å². The highest BCUT2D eigenvalue weighted by Gasteiger charge is 2.68. The van der Waals surface area contributed by atoms with Crippen LogP contribution in [-0.2, 0) is 20.6 Å². The summed E-state index contributed by atoms with van der Waals surface area (Å²) in [5.74, 6) is -6.04. The number of ether oxygens (including phenoxy) is 1. The van der Waals surface area contributed by atoms with Crippen molar-refractivity contribution in [2.24, 2.45) is 11.8 Å². The van der Waals surface area contributed by atoms with Crippen LogP contribution in [0.25, 0.3) is 0 Å². The number of aliphatic hydroxyl groups is 1. The third-order valence-corrected chi connectivity index (χ3v) is 7.43. The fourth-order valence-corrected chi connectivity index (χ4v) is 5.44. The Morgan fingerprint density at radius 1 is 0.976 bits per heavy atom. The predicted octanol–water partition coefficient (Wildman–Crippen LogP) is 3.97. The van der Waals surface area contributed by atoms with E-state index in [-0.39, 0.29) is 23.0 Å². The molecule has 4 unspecified atom stereocenters. The van der Waals surface area contributed by atoms with Crippen LogP contribution in [0.4, 0.5) is 18.9 Å². The minimum atomic E-state index is -4.58. The van der Waals surface area contributed by atoms with E-state index in [1.807, 2.05) is 0 Å². The lowest BCUT2D eigenvalue weighted by atomic mass is 9.79. The molecule has 2 heterocycles. The minimum Gasteiger partial charge on any atom is -0.480 e. The molecule has 0 aliphatic carbocycles. The molecule has 0 spiro atoms. The standard InChI is InChI=1S/C29H23F3N2O7/c1-15(36)16-8-10-19(11-9-16)34-25(37)22-23(26(34)38)28(14-35,27(39)40)33-24(22)17-4-2-6-20(12-17)41-21-7-3-5-18(13-21)29(30,31)32/h2-13,22-24,33,35H,14H2,1H3,(H,39,40). The first-order valence-electron chi connectivity index (χ1n) is 12.4. The summed E-state index contributed by atoms with van der Waals surface area (Å²) in [5, 5.41) is 23.1. The summed E-state index contributed by atoms with van der Waals surface area (Å²) < 4.78 is 45.1. The Bertz CT molecular complexity index is 1560. The fourth-order valence-electron chi connectivity index (χ4n) is 5.44. The van der Waals surface area contributed by atoms with Crippen molar-refractivity contribution in [2.75, 3.05) is 11.5 Å². The predicted molar refractivity (Wildman–Crippen MR) is 137 cm³/mol. The quantitative estimate of drug-likeness (QED) is 0.288. The topological polar surface area (TPSA) is 133 Å². The summed E-state index contributed by atoms with van der Waals surface area (Å²) in [6.45, 7) is 0.353. The number of halogens is 3. The second-order valence-electron chi connectivity index (χ2n) is 9.88. The van der Waals surface area contributed by atoms with Crippen molar-refractivity contribution < 1.29 is 47.3 Å². The molecule has 0 bridgehead atoms. The highest BCUT2D eigenvalue weighted by atomic mass is 19.4. The number of nitrogens with one attached hydrogen (secondary N) is 1. The van der Waals surface area contributed by atoms with E-state index < -0.39 is 59.5 Å². The second kappa shape index (κ2) is 10.1. The smallest absolute Gasteiger partial charge is 0.416 e. The lowest BCUT2D eigenvalue weighted by Gasteiger charge is -2.29. The summed E-state index contributed by atoms with van der Waals surface area (Å²) in [5.41, 5.74) is -2.31. The average molecular weight is 569 g/mol. The van der Waals surface area contributed by atoms with Crippen molar-refractivity contribution >= 4 is 29.3 Å². The largest absolute Gasteiger partial charge is 0.480 e. The molecule has 4 atom stereocenters. The number of anilines is 1.